The van der Waals surface area contributed by atoms with Gasteiger partial charge in [-0.2, -0.15) is 0 Å². The van der Waals surface area contributed by atoms with Gasteiger partial charge in [-0.25, -0.2) is 9.59 Å². The summed E-state index contributed by atoms with van der Waals surface area (Å²) in [6.07, 6.45) is -0.665. The second-order valence-electron chi connectivity index (χ2n) is 10.2. The lowest BCUT2D eigenvalue weighted by Crippen LogP contribution is -2.45. The summed E-state index contributed by atoms with van der Waals surface area (Å²) in [6, 6.07) is 22.4. The highest BCUT2D eigenvalue weighted by Crippen LogP contribution is 2.44. The summed E-state index contributed by atoms with van der Waals surface area (Å²) in [6.45, 7) is 5.54. The first kappa shape index (κ1) is 26.7. The van der Waals surface area contributed by atoms with E-state index in [9.17, 15) is 14.7 Å². The smallest absolute Gasteiger partial charge is 0.407 e. The lowest BCUT2D eigenvalue weighted by atomic mass is 9.98. The van der Waals surface area contributed by atoms with E-state index in [1.165, 1.54) is 0 Å². The Labute approximate surface area is 229 Å². The van der Waals surface area contributed by atoms with Crippen molar-refractivity contribution in [2.45, 2.75) is 18.4 Å². The van der Waals surface area contributed by atoms with E-state index in [0.29, 0.717) is 12.4 Å². The van der Waals surface area contributed by atoms with Crippen LogP contribution in [0.4, 0.5) is 4.79 Å². The molecule has 0 spiro atoms. The largest absolute Gasteiger partial charge is 0.492 e. The number of likely N-dealkylation sites (N-methyl/N-ethyl adjacent to an activating group) is 1. The molecule has 3 aromatic rings. The molecule has 39 heavy (non-hydrogen) atoms. The van der Waals surface area contributed by atoms with Gasteiger partial charge in [0.15, 0.2) is 0 Å². The molecule has 204 valence electrons. The van der Waals surface area contributed by atoms with Crippen molar-refractivity contribution >= 4 is 12.1 Å². The number of benzene rings is 3. The first-order valence-corrected chi connectivity index (χ1v) is 13.5. The lowest BCUT2D eigenvalue weighted by molar-refractivity contribution is -0.139. The molecule has 1 amide bonds. The predicted molar refractivity (Wildman–Crippen MR) is 149 cm³/mol. The van der Waals surface area contributed by atoms with Crippen molar-refractivity contribution in [3.05, 3.63) is 89.5 Å². The maximum atomic E-state index is 12.7. The number of para-hydroxylation sites is 1. The molecule has 0 radical (unpaired) electrons. The molecule has 1 saturated heterocycles. The molecule has 3 aromatic carbocycles. The van der Waals surface area contributed by atoms with Gasteiger partial charge in [0, 0.05) is 45.1 Å². The molecular weight excluding hydrogens is 494 g/mol. The van der Waals surface area contributed by atoms with Crippen LogP contribution < -0.4 is 10.1 Å². The van der Waals surface area contributed by atoms with Gasteiger partial charge in [0.25, 0.3) is 0 Å². The number of piperazine rings is 1. The molecule has 0 aromatic heterocycles. The Bertz CT molecular complexity index is 1260. The number of nitrogens with one attached hydrogen (secondary N) is 1. The molecule has 1 aliphatic carbocycles. The van der Waals surface area contributed by atoms with Crippen LogP contribution in [0.3, 0.4) is 0 Å². The monoisotopic (exact) mass is 529 g/mol. The second kappa shape index (κ2) is 12.3. The van der Waals surface area contributed by atoms with E-state index < -0.39 is 18.1 Å². The summed E-state index contributed by atoms with van der Waals surface area (Å²) >= 11 is 0. The molecule has 1 heterocycles. The highest BCUT2D eigenvalue weighted by Gasteiger charge is 2.30. The molecule has 1 atom stereocenters. The van der Waals surface area contributed by atoms with E-state index in [4.69, 9.17) is 9.47 Å². The van der Waals surface area contributed by atoms with E-state index in [0.717, 1.165) is 60.5 Å². The summed E-state index contributed by atoms with van der Waals surface area (Å²) in [5.74, 6) is -0.594. The predicted octanol–water partition coefficient (Wildman–Crippen LogP) is 3.85. The Kier molecular flexibility index (Phi) is 8.44. The fourth-order valence-corrected chi connectivity index (χ4v) is 5.37. The highest BCUT2D eigenvalue weighted by atomic mass is 16.5. The molecule has 1 aliphatic heterocycles. The molecule has 5 rings (SSSR count). The van der Waals surface area contributed by atoms with Crippen molar-refractivity contribution in [1.29, 1.82) is 0 Å². The maximum Gasteiger partial charge on any atom is 0.407 e. The van der Waals surface area contributed by atoms with Crippen LogP contribution in [0.15, 0.2) is 72.8 Å². The Hall–Kier alpha value is -3.88. The summed E-state index contributed by atoms with van der Waals surface area (Å²) < 4.78 is 11.6. The lowest BCUT2D eigenvalue weighted by Gasteiger charge is -2.32. The third kappa shape index (κ3) is 6.41. The van der Waals surface area contributed by atoms with Gasteiger partial charge < -0.3 is 24.8 Å². The standard InChI is InChI=1S/C31H35N3O5/c1-33-14-16-34(17-15-33)18-19-38-29-13-7-2-8-22(29)20-28(30(35)36)32-31(37)39-21-27-25-11-5-3-9-23(25)24-10-4-6-12-26(24)27/h2-13,27-28H,14-21H2,1H3,(H,32,37)(H,35,36). The Balaban J connectivity index is 1.17. The zero-order valence-electron chi connectivity index (χ0n) is 22.2. The number of nitrogens with zero attached hydrogens (tertiary/aromatic N) is 2. The van der Waals surface area contributed by atoms with Crippen molar-refractivity contribution in [1.82, 2.24) is 15.1 Å². The molecule has 2 aliphatic rings. The number of hydrogen-bond acceptors (Lipinski definition) is 6. The van der Waals surface area contributed by atoms with Gasteiger partial charge in [0.05, 0.1) is 0 Å². The van der Waals surface area contributed by atoms with Crippen LogP contribution in [-0.2, 0) is 16.0 Å². The first-order chi connectivity index (χ1) is 19.0. The van der Waals surface area contributed by atoms with Crippen molar-refractivity contribution in [2.75, 3.05) is 53.0 Å². The topological polar surface area (TPSA) is 91.3 Å². The number of carbonyl (C=O) groups excluding carboxylic acids is 1. The number of carboxylic acids is 1. The summed E-state index contributed by atoms with van der Waals surface area (Å²) in [7, 11) is 2.12. The van der Waals surface area contributed by atoms with Crippen LogP contribution in [-0.4, -0.2) is 86.0 Å². The minimum atomic E-state index is -1.15. The fraction of sp³-hybridized carbons (Fsp3) is 0.355. The Morgan fingerprint density at radius 1 is 0.923 bits per heavy atom. The molecule has 2 N–H and O–H groups in total. The summed E-state index contributed by atoms with van der Waals surface area (Å²) in [5.41, 5.74) is 5.19. The average molecular weight is 530 g/mol. The highest BCUT2D eigenvalue weighted by molar-refractivity contribution is 5.81. The minimum absolute atomic E-state index is 0.0875. The van der Waals surface area contributed by atoms with Crippen molar-refractivity contribution in [2.24, 2.45) is 0 Å². The molecule has 1 unspecified atom stereocenters. The maximum absolute atomic E-state index is 12.7. The molecule has 0 bridgehead atoms. The van der Waals surface area contributed by atoms with E-state index in [-0.39, 0.29) is 18.9 Å². The molecule has 0 saturated carbocycles. The molecule has 1 fully saturated rings. The number of amides is 1. The number of aliphatic carboxylic acids is 1. The number of carboxylic acid groups (broad SMARTS) is 1. The van der Waals surface area contributed by atoms with Gasteiger partial charge in [0.2, 0.25) is 0 Å². The van der Waals surface area contributed by atoms with Gasteiger partial charge in [-0.05, 0) is 40.9 Å². The van der Waals surface area contributed by atoms with Gasteiger partial charge in [-0.1, -0.05) is 66.7 Å². The number of carbonyl (C=O) groups is 2. The van der Waals surface area contributed by atoms with Crippen molar-refractivity contribution < 1.29 is 24.2 Å². The second-order valence-corrected chi connectivity index (χ2v) is 10.2. The summed E-state index contributed by atoms with van der Waals surface area (Å²) in [5, 5.41) is 12.4. The van der Waals surface area contributed by atoms with Crippen LogP contribution in [0, 0.1) is 0 Å². The number of hydrogen-bond donors (Lipinski definition) is 2. The summed E-state index contributed by atoms with van der Waals surface area (Å²) in [4.78, 5) is 29.5. The zero-order valence-corrected chi connectivity index (χ0v) is 22.2. The fourth-order valence-electron chi connectivity index (χ4n) is 5.37. The zero-order chi connectivity index (χ0) is 27.2. The quantitative estimate of drug-likeness (QED) is 0.412. The van der Waals surface area contributed by atoms with Gasteiger partial charge >= 0.3 is 12.1 Å². The van der Waals surface area contributed by atoms with Gasteiger partial charge in [0.1, 0.15) is 25.0 Å². The van der Waals surface area contributed by atoms with E-state index in [1.54, 1.807) is 0 Å². The van der Waals surface area contributed by atoms with Crippen LogP contribution in [0.2, 0.25) is 0 Å². The average Bonchev–Trinajstić information content (AvgIpc) is 3.27. The van der Waals surface area contributed by atoms with Crippen LogP contribution >= 0.6 is 0 Å². The normalized spacial score (nSPS) is 16.2. The first-order valence-electron chi connectivity index (χ1n) is 13.5. The van der Waals surface area contributed by atoms with Crippen LogP contribution in [0.5, 0.6) is 5.75 Å². The van der Waals surface area contributed by atoms with Crippen LogP contribution in [0.25, 0.3) is 11.1 Å². The third-order valence-electron chi connectivity index (χ3n) is 7.59. The Morgan fingerprint density at radius 2 is 1.54 bits per heavy atom. The van der Waals surface area contributed by atoms with Gasteiger partial charge in [-0.15, -0.1) is 0 Å². The van der Waals surface area contributed by atoms with E-state index in [1.807, 2.05) is 60.7 Å². The van der Waals surface area contributed by atoms with E-state index in [2.05, 4.69) is 34.3 Å². The molecule has 8 heteroatoms. The Morgan fingerprint density at radius 3 is 2.21 bits per heavy atom. The number of ether oxygens (including phenoxy) is 2. The van der Waals surface area contributed by atoms with Crippen molar-refractivity contribution in [3.8, 4) is 16.9 Å². The van der Waals surface area contributed by atoms with Crippen molar-refractivity contribution in [3.63, 3.8) is 0 Å². The third-order valence-corrected chi connectivity index (χ3v) is 7.59. The number of fused-ring (bicyclic) bond motifs is 3. The number of rotatable bonds is 10. The van der Waals surface area contributed by atoms with Crippen LogP contribution in [0.1, 0.15) is 22.6 Å². The van der Waals surface area contributed by atoms with E-state index >= 15 is 0 Å². The SMILES string of the molecule is CN1CCN(CCOc2ccccc2CC(NC(=O)OCC2c3ccccc3-c3ccccc32)C(=O)O)CC1. The molecular formula is C31H35N3O5. The molecule has 8 nitrogen and oxygen atoms in total. The number of alkyl carbamates (subject to hydrolysis) is 1. The minimum Gasteiger partial charge on any atom is -0.492 e. The van der Waals surface area contributed by atoms with Gasteiger partial charge in [-0.3, -0.25) is 4.90 Å².